The van der Waals surface area contributed by atoms with E-state index in [1.165, 1.54) is 0 Å². The average Bonchev–Trinajstić information content (AvgIpc) is 2.02. The highest BCUT2D eigenvalue weighted by Crippen LogP contribution is 2.26. The van der Waals surface area contributed by atoms with E-state index in [0.717, 1.165) is 5.56 Å². The second-order valence-electron chi connectivity index (χ2n) is 4.25. The summed E-state index contributed by atoms with van der Waals surface area (Å²) in [6.07, 6.45) is 0. The summed E-state index contributed by atoms with van der Waals surface area (Å²) in [5.74, 6) is -0.985. The summed E-state index contributed by atoms with van der Waals surface area (Å²) < 4.78 is 0. The highest BCUT2D eigenvalue weighted by Gasteiger charge is 2.17. The first-order valence-electron chi connectivity index (χ1n) is 4.35. The van der Waals surface area contributed by atoms with E-state index in [0.29, 0.717) is 0 Å². The van der Waals surface area contributed by atoms with Gasteiger partial charge in [0, 0.05) is 0 Å². The van der Waals surface area contributed by atoms with Crippen LogP contribution in [0.25, 0.3) is 0 Å². The van der Waals surface area contributed by atoms with Crippen LogP contribution in [0.15, 0.2) is 18.2 Å². The zero-order valence-corrected chi connectivity index (χ0v) is 9.22. The number of carboxylic acid groups (broad SMARTS) is 1. The highest BCUT2D eigenvalue weighted by molar-refractivity contribution is 6.33. The second kappa shape index (κ2) is 3.62. The Hall–Kier alpha value is -1.02. The van der Waals surface area contributed by atoms with Crippen molar-refractivity contribution in [2.24, 2.45) is 0 Å². The second-order valence-corrected chi connectivity index (χ2v) is 4.66. The minimum atomic E-state index is -0.985. The summed E-state index contributed by atoms with van der Waals surface area (Å²) in [4.78, 5) is 10.8. The minimum Gasteiger partial charge on any atom is -0.478 e. The van der Waals surface area contributed by atoms with Gasteiger partial charge in [-0.3, -0.25) is 0 Å². The lowest BCUT2D eigenvalue weighted by Crippen LogP contribution is -2.12. The fraction of sp³-hybridized carbons (Fsp3) is 0.364. The van der Waals surface area contributed by atoms with E-state index in [1.54, 1.807) is 12.1 Å². The molecule has 1 N–H and O–H groups in total. The molecular formula is C11H13ClO2. The standard InChI is InChI=1S/C11H13ClO2/c1-11(2,3)7-4-5-9(12)8(6-7)10(13)14/h4-6H,1-3H3,(H,13,14). The molecular weight excluding hydrogens is 200 g/mol. The van der Waals surface area contributed by atoms with E-state index in [1.807, 2.05) is 26.8 Å². The molecule has 0 aromatic heterocycles. The van der Waals surface area contributed by atoms with E-state index < -0.39 is 5.97 Å². The quantitative estimate of drug-likeness (QED) is 0.775. The summed E-state index contributed by atoms with van der Waals surface area (Å²) in [6, 6.07) is 5.12. The smallest absolute Gasteiger partial charge is 0.337 e. The summed E-state index contributed by atoms with van der Waals surface area (Å²) in [5, 5.41) is 9.15. The van der Waals surface area contributed by atoms with Crippen molar-refractivity contribution in [1.82, 2.24) is 0 Å². The maximum Gasteiger partial charge on any atom is 0.337 e. The van der Waals surface area contributed by atoms with Crippen LogP contribution in [0.3, 0.4) is 0 Å². The number of halogens is 1. The van der Waals surface area contributed by atoms with Gasteiger partial charge in [0.25, 0.3) is 0 Å². The van der Waals surface area contributed by atoms with E-state index in [4.69, 9.17) is 16.7 Å². The molecule has 0 saturated heterocycles. The zero-order valence-electron chi connectivity index (χ0n) is 8.47. The molecule has 0 bridgehead atoms. The predicted octanol–water partition coefficient (Wildman–Crippen LogP) is 3.34. The molecule has 0 aliphatic carbocycles. The van der Waals surface area contributed by atoms with Crippen LogP contribution in [-0.2, 0) is 5.41 Å². The topological polar surface area (TPSA) is 37.3 Å². The Labute approximate surface area is 88.5 Å². The van der Waals surface area contributed by atoms with Gasteiger partial charge in [-0.1, -0.05) is 38.4 Å². The number of hydrogen-bond acceptors (Lipinski definition) is 1. The number of benzene rings is 1. The fourth-order valence-corrected chi connectivity index (χ4v) is 1.35. The first kappa shape index (κ1) is 11.1. The van der Waals surface area contributed by atoms with E-state index in [9.17, 15) is 4.79 Å². The van der Waals surface area contributed by atoms with Crippen molar-refractivity contribution < 1.29 is 9.90 Å². The first-order valence-corrected chi connectivity index (χ1v) is 4.73. The maximum absolute atomic E-state index is 10.8. The molecule has 0 spiro atoms. The molecule has 0 aliphatic rings. The number of rotatable bonds is 1. The minimum absolute atomic E-state index is 0.0607. The summed E-state index contributed by atoms with van der Waals surface area (Å²) in [5.41, 5.74) is 1.08. The molecule has 1 rings (SSSR count). The lowest BCUT2D eigenvalue weighted by atomic mass is 9.86. The van der Waals surface area contributed by atoms with Gasteiger partial charge in [-0.05, 0) is 23.1 Å². The molecule has 76 valence electrons. The molecule has 0 unspecified atom stereocenters. The molecule has 0 saturated carbocycles. The Balaban J connectivity index is 3.27. The predicted molar refractivity (Wildman–Crippen MR) is 57.1 cm³/mol. The van der Waals surface area contributed by atoms with Crippen LogP contribution in [0.4, 0.5) is 0 Å². The Kier molecular flexibility index (Phi) is 2.86. The molecule has 2 nitrogen and oxygen atoms in total. The molecule has 0 amide bonds. The molecule has 0 aliphatic heterocycles. The van der Waals surface area contributed by atoms with Crippen molar-refractivity contribution in [2.45, 2.75) is 26.2 Å². The Morgan fingerprint density at radius 3 is 2.36 bits per heavy atom. The van der Waals surface area contributed by atoms with Crippen LogP contribution in [-0.4, -0.2) is 11.1 Å². The first-order chi connectivity index (χ1) is 6.32. The van der Waals surface area contributed by atoms with Gasteiger partial charge >= 0.3 is 5.97 Å². The molecule has 1 aromatic carbocycles. The van der Waals surface area contributed by atoms with Gasteiger partial charge in [-0.15, -0.1) is 0 Å². The maximum atomic E-state index is 10.8. The third-order valence-electron chi connectivity index (χ3n) is 2.06. The number of carbonyl (C=O) groups is 1. The van der Waals surface area contributed by atoms with Crippen LogP contribution in [0, 0.1) is 0 Å². The van der Waals surface area contributed by atoms with Gasteiger partial charge in [-0.25, -0.2) is 4.79 Å². The number of aromatic carboxylic acids is 1. The molecule has 1 aromatic rings. The van der Waals surface area contributed by atoms with Gasteiger partial charge in [0.1, 0.15) is 0 Å². The van der Waals surface area contributed by atoms with Crippen LogP contribution < -0.4 is 0 Å². The largest absolute Gasteiger partial charge is 0.478 e. The average molecular weight is 213 g/mol. The van der Waals surface area contributed by atoms with Crippen molar-refractivity contribution in [1.29, 1.82) is 0 Å². The highest BCUT2D eigenvalue weighted by atomic mass is 35.5. The van der Waals surface area contributed by atoms with Gasteiger partial charge in [-0.2, -0.15) is 0 Å². The van der Waals surface area contributed by atoms with Crippen molar-refractivity contribution >= 4 is 17.6 Å². The normalized spacial score (nSPS) is 11.4. The van der Waals surface area contributed by atoms with E-state index in [2.05, 4.69) is 0 Å². The SMILES string of the molecule is CC(C)(C)c1ccc(Cl)c(C(=O)O)c1. The van der Waals surface area contributed by atoms with Crippen LogP contribution in [0.5, 0.6) is 0 Å². The molecule has 3 heteroatoms. The molecule has 0 radical (unpaired) electrons. The van der Waals surface area contributed by atoms with Crippen molar-refractivity contribution in [3.8, 4) is 0 Å². The molecule has 0 heterocycles. The fourth-order valence-electron chi connectivity index (χ4n) is 1.16. The van der Waals surface area contributed by atoms with E-state index >= 15 is 0 Å². The third kappa shape index (κ3) is 2.26. The van der Waals surface area contributed by atoms with Gasteiger partial charge in [0.05, 0.1) is 10.6 Å². The molecule has 0 atom stereocenters. The third-order valence-corrected chi connectivity index (χ3v) is 2.39. The Morgan fingerprint density at radius 2 is 1.93 bits per heavy atom. The molecule has 14 heavy (non-hydrogen) atoms. The van der Waals surface area contributed by atoms with Crippen LogP contribution in [0.2, 0.25) is 5.02 Å². The Morgan fingerprint density at radius 1 is 1.36 bits per heavy atom. The van der Waals surface area contributed by atoms with Crippen LogP contribution >= 0.6 is 11.6 Å². The summed E-state index contributed by atoms with van der Waals surface area (Å²) in [7, 11) is 0. The molecule has 0 fully saturated rings. The summed E-state index contributed by atoms with van der Waals surface area (Å²) >= 11 is 5.76. The lowest BCUT2D eigenvalue weighted by Gasteiger charge is -2.19. The lowest BCUT2D eigenvalue weighted by molar-refractivity contribution is 0.0697. The summed E-state index contributed by atoms with van der Waals surface area (Å²) in [6.45, 7) is 6.09. The monoisotopic (exact) mass is 212 g/mol. The van der Waals surface area contributed by atoms with E-state index in [-0.39, 0.29) is 16.0 Å². The van der Waals surface area contributed by atoms with Crippen molar-refractivity contribution in [3.63, 3.8) is 0 Å². The number of hydrogen-bond donors (Lipinski definition) is 1. The Bertz CT molecular complexity index is 364. The van der Waals surface area contributed by atoms with Gasteiger partial charge in [0.15, 0.2) is 0 Å². The van der Waals surface area contributed by atoms with Gasteiger partial charge in [0.2, 0.25) is 0 Å². The van der Waals surface area contributed by atoms with Crippen molar-refractivity contribution in [2.75, 3.05) is 0 Å². The van der Waals surface area contributed by atoms with Crippen molar-refractivity contribution in [3.05, 3.63) is 34.3 Å². The van der Waals surface area contributed by atoms with Crippen LogP contribution in [0.1, 0.15) is 36.7 Å². The number of carboxylic acids is 1. The zero-order chi connectivity index (χ0) is 10.9. The van der Waals surface area contributed by atoms with Gasteiger partial charge < -0.3 is 5.11 Å².